The van der Waals surface area contributed by atoms with Crippen LogP contribution >= 0.6 is 11.6 Å². The Hall–Kier alpha value is -0.930. The maximum Gasteiger partial charge on any atom is 0.161 e. The summed E-state index contributed by atoms with van der Waals surface area (Å²) in [5.41, 5.74) is 0. The van der Waals surface area contributed by atoms with E-state index in [4.69, 9.17) is 21.1 Å². The summed E-state index contributed by atoms with van der Waals surface area (Å²) in [6.07, 6.45) is 0.983. The third-order valence-corrected chi connectivity index (χ3v) is 2.44. The van der Waals surface area contributed by atoms with Gasteiger partial charge in [0.1, 0.15) is 6.61 Å². The number of hydrogen-bond donors (Lipinski definition) is 1. The summed E-state index contributed by atoms with van der Waals surface area (Å²) in [6.45, 7) is 4.99. The van der Waals surface area contributed by atoms with Crippen molar-refractivity contribution >= 4 is 11.6 Å². The van der Waals surface area contributed by atoms with Crippen LogP contribution in [0.1, 0.15) is 13.3 Å². The van der Waals surface area contributed by atoms with Gasteiger partial charge >= 0.3 is 0 Å². The van der Waals surface area contributed by atoms with Gasteiger partial charge in [-0.2, -0.15) is 0 Å². The molecule has 4 heteroatoms. The minimum atomic E-state index is 0.631. The average Bonchev–Trinajstić information content (AvgIpc) is 2.36. The Labute approximate surface area is 108 Å². The van der Waals surface area contributed by atoms with Crippen LogP contribution in [0.5, 0.6) is 11.5 Å². The Bertz CT molecular complexity index is 307. The summed E-state index contributed by atoms with van der Waals surface area (Å²) in [5, 5.41) is 3.26. The first-order chi connectivity index (χ1) is 8.38. The maximum atomic E-state index is 5.65. The largest absolute Gasteiger partial charge is 0.490 e. The van der Waals surface area contributed by atoms with Crippen LogP contribution in [-0.4, -0.2) is 32.2 Å². The molecule has 0 radical (unpaired) electrons. The summed E-state index contributed by atoms with van der Waals surface area (Å²) in [4.78, 5) is 0. The van der Waals surface area contributed by atoms with E-state index >= 15 is 0 Å². The van der Waals surface area contributed by atoms with Crippen molar-refractivity contribution in [2.24, 2.45) is 0 Å². The summed E-state index contributed by atoms with van der Waals surface area (Å²) in [7, 11) is 0. The molecule has 0 spiro atoms. The SMILES string of the molecule is CCOc1ccccc1OCCNCCCCl. The first kappa shape index (κ1) is 14.1. The predicted octanol–water partition coefficient (Wildman–Crippen LogP) is 2.68. The van der Waals surface area contributed by atoms with Gasteiger partial charge in [0.2, 0.25) is 0 Å². The summed E-state index contributed by atoms with van der Waals surface area (Å²) in [5.74, 6) is 2.30. The first-order valence-corrected chi connectivity index (χ1v) is 6.53. The second kappa shape index (κ2) is 9.14. The van der Waals surface area contributed by atoms with Crippen molar-refractivity contribution in [3.63, 3.8) is 0 Å². The molecule has 1 aromatic carbocycles. The minimum absolute atomic E-state index is 0.631. The van der Waals surface area contributed by atoms with Gasteiger partial charge in [0, 0.05) is 12.4 Å². The van der Waals surface area contributed by atoms with E-state index in [0.717, 1.165) is 31.0 Å². The fourth-order valence-electron chi connectivity index (χ4n) is 1.39. The molecule has 0 atom stereocenters. The van der Waals surface area contributed by atoms with E-state index < -0.39 is 0 Å². The Morgan fingerprint density at radius 3 is 2.47 bits per heavy atom. The Kier molecular flexibility index (Phi) is 7.60. The van der Waals surface area contributed by atoms with E-state index in [1.807, 2.05) is 31.2 Å². The second-order valence-corrected chi connectivity index (χ2v) is 3.90. The number of rotatable bonds is 9. The molecule has 3 nitrogen and oxygen atoms in total. The highest BCUT2D eigenvalue weighted by atomic mass is 35.5. The van der Waals surface area contributed by atoms with Gasteiger partial charge in [0.15, 0.2) is 11.5 Å². The standard InChI is InChI=1S/C13H20ClNO2/c1-2-16-12-6-3-4-7-13(12)17-11-10-15-9-5-8-14/h3-4,6-7,15H,2,5,8-11H2,1H3. The maximum absolute atomic E-state index is 5.65. The zero-order valence-corrected chi connectivity index (χ0v) is 11.0. The molecule has 0 aliphatic heterocycles. The number of para-hydroxylation sites is 2. The zero-order chi connectivity index (χ0) is 12.3. The predicted molar refractivity (Wildman–Crippen MR) is 71.3 cm³/mol. The van der Waals surface area contributed by atoms with E-state index in [-0.39, 0.29) is 0 Å². The van der Waals surface area contributed by atoms with E-state index in [2.05, 4.69) is 5.32 Å². The normalized spacial score (nSPS) is 10.2. The summed E-state index contributed by atoms with van der Waals surface area (Å²) < 4.78 is 11.1. The lowest BCUT2D eigenvalue weighted by atomic mass is 10.3. The number of hydrogen-bond acceptors (Lipinski definition) is 3. The third-order valence-electron chi connectivity index (χ3n) is 2.17. The summed E-state index contributed by atoms with van der Waals surface area (Å²) in [6, 6.07) is 7.72. The number of alkyl halides is 1. The molecule has 1 aromatic rings. The lowest BCUT2D eigenvalue weighted by Crippen LogP contribution is -2.22. The van der Waals surface area contributed by atoms with Crippen LogP contribution in [0.2, 0.25) is 0 Å². The molecule has 0 aliphatic rings. The van der Waals surface area contributed by atoms with Crippen molar-refractivity contribution in [2.45, 2.75) is 13.3 Å². The van der Waals surface area contributed by atoms with Gasteiger partial charge in [-0.05, 0) is 32.0 Å². The van der Waals surface area contributed by atoms with Crippen molar-refractivity contribution in [2.75, 3.05) is 32.2 Å². The number of nitrogens with one attached hydrogen (secondary N) is 1. The third kappa shape index (κ3) is 5.80. The zero-order valence-electron chi connectivity index (χ0n) is 10.2. The van der Waals surface area contributed by atoms with Crippen molar-refractivity contribution in [3.05, 3.63) is 24.3 Å². The van der Waals surface area contributed by atoms with Crippen LogP contribution < -0.4 is 14.8 Å². The molecule has 0 saturated carbocycles. The molecule has 0 heterocycles. The second-order valence-electron chi connectivity index (χ2n) is 3.52. The van der Waals surface area contributed by atoms with Crippen molar-refractivity contribution in [1.82, 2.24) is 5.32 Å². The lowest BCUT2D eigenvalue weighted by molar-refractivity contribution is 0.276. The van der Waals surface area contributed by atoms with E-state index in [9.17, 15) is 0 Å². The van der Waals surface area contributed by atoms with E-state index in [1.54, 1.807) is 0 Å². The van der Waals surface area contributed by atoms with Crippen LogP contribution in [0.25, 0.3) is 0 Å². The monoisotopic (exact) mass is 257 g/mol. The average molecular weight is 258 g/mol. The van der Waals surface area contributed by atoms with Gasteiger partial charge in [-0.1, -0.05) is 12.1 Å². The van der Waals surface area contributed by atoms with Gasteiger partial charge < -0.3 is 14.8 Å². The van der Waals surface area contributed by atoms with Gasteiger partial charge in [-0.15, -0.1) is 11.6 Å². The Morgan fingerprint density at radius 1 is 1.12 bits per heavy atom. The van der Waals surface area contributed by atoms with Crippen LogP contribution in [-0.2, 0) is 0 Å². The lowest BCUT2D eigenvalue weighted by Gasteiger charge is -2.11. The number of ether oxygens (including phenoxy) is 2. The molecule has 0 aliphatic carbocycles. The van der Waals surface area contributed by atoms with Gasteiger partial charge in [-0.25, -0.2) is 0 Å². The fraction of sp³-hybridized carbons (Fsp3) is 0.538. The molecule has 0 unspecified atom stereocenters. The van der Waals surface area contributed by atoms with Crippen molar-refractivity contribution < 1.29 is 9.47 Å². The van der Waals surface area contributed by atoms with E-state index in [0.29, 0.717) is 19.1 Å². The van der Waals surface area contributed by atoms with E-state index in [1.165, 1.54) is 0 Å². The topological polar surface area (TPSA) is 30.5 Å². The Morgan fingerprint density at radius 2 is 1.82 bits per heavy atom. The highest BCUT2D eigenvalue weighted by Gasteiger charge is 2.02. The molecular weight excluding hydrogens is 238 g/mol. The molecular formula is C13H20ClNO2. The molecule has 0 aromatic heterocycles. The molecule has 96 valence electrons. The van der Waals surface area contributed by atoms with Crippen LogP contribution in [0.3, 0.4) is 0 Å². The fourth-order valence-corrected chi connectivity index (χ4v) is 1.53. The summed E-state index contributed by atoms with van der Waals surface area (Å²) >= 11 is 5.58. The number of halogens is 1. The minimum Gasteiger partial charge on any atom is -0.490 e. The Balaban J connectivity index is 2.25. The first-order valence-electron chi connectivity index (χ1n) is 5.99. The molecule has 1 N–H and O–H groups in total. The van der Waals surface area contributed by atoms with Gasteiger partial charge in [0.05, 0.1) is 6.61 Å². The highest BCUT2D eigenvalue weighted by molar-refractivity contribution is 6.17. The van der Waals surface area contributed by atoms with Crippen LogP contribution in [0.4, 0.5) is 0 Å². The van der Waals surface area contributed by atoms with Crippen LogP contribution in [0.15, 0.2) is 24.3 Å². The van der Waals surface area contributed by atoms with Crippen LogP contribution in [0, 0.1) is 0 Å². The number of benzene rings is 1. The van der Waals surface area contributed by atoms with Gasteiger partial charge in [-0.3, -0.25) is 0 Å². The molecule has 0 fully saturated rings. The van der Waals surface area contributed by atoms with Crippen molar-refractivity contribution in [1.29, 1.82) is 0 Å². The quantitative estimate of drug-likeness (QED) is 0.545. The molecule has 0 amide bonds. The van der Waals surface area contributed by atoms with Crippen molar-refractivity contribution in [3.8, 4) is 11.5 Å². The highest BCUT2D eigenvalue weighted by Crippen LogP contribution is 2.25. The smallest absolute Gasteiger partial charge is 0.161 e. The molecule has 1 rings (SSSR count). The molecule has 0 saturated heterocycles. The van der Waals surface area contributed by atoms with Gasteiger partial charge in [0.25, 0.3) is 0 Å². The molecule has 17 heavy (non-hydrogen) atoms. The molecule has 0 bridgehead atoms.